The third-order valence-electron chi connectivity index (χ3n) is 3.62. The van der Waals surface area contributed by atoms with Crippen LogP contribution in [-0.2, 0) is 0 Å². The fourth-order valence-corrected chi connectivity index (χ4v) is 2.88. The zero-order chi connectivity index (χ0) is 17.5. The van der Waals surface area contributed by atoms with Crippen molar-refractivity contribution in [3.8, 4) is 11.3 Å². The number of aliphatic hydroxyl groups is 1. The summed E-state index contributed by atoms with van der Waals surface area (Å²) in [6.07, 6.45) is -3.54. The first-order valence-electron chi connectivity index (χ1n) is 7.02. The molecule has 2 aromatic rings. The van der Waals surface area contributed by atoms with Gasteiger partial charge < -0.3 is 5.11 Å². The number of carbonyl (C=O) groups is 1. The molecular formula is C15H13BrF2N4O2. The number of alkyl halides is 2. The van der Waals surface area contributed by atoms with Gasteiger partial charge in [0.05, 0.1) is 5.69 Å². The quantitative estimate of drug-likeness (QED) is 0.833. The lowest BCUT2D eigenvalue weighted by molar-refractivity contribution is -0.164. The summed E-state index contributed by atoms with van der Waals surface area (Å²) in [6, 6.07) is 8.67. The third-order valence-corrected chi connectivity index (χ3v) is 4.12. The van der Waals surface area contributed by atoms with Crippen LogP contribution in [0.5, 0.6) is 0 Å². The van der Waals surface area contributed by atoms with Crippen LogP contribution in [0.1, 0.15) is 23.8 Å². The van der Waals surface area contributed by atoms with Gasteiger partial charge in [-0.25, -0.2) is 8.78 Å². The predicted octanol–water partition coefficient (Wildman–Crippen LogP) is 3.01. The Kier molecular flexibility index (Phi) is 4.22. The summed E-state index contributed by atoms with van der Waals surface area (Å²) in [4.78, 5) is 12.5. The minimum Gasteiger partial charge on any atom is -0.364 e. The van der Waals surface area contributed by atoms with Crippen LogP contribution in [-0.4, -0.2) is 44.1 Å². The van der Waals surface area contributed by atoms with E-state index in [1.54, 1.807) is 18.2 Å². The van der Waals surface area contributed by atoms with E-state index < -0.39 is 24.5 Å². The van der Waals surface area contributed by atoms with Gasteiger partial charge in [-0.15, -0.1) is 0 Å². The van der Waals surface area contributed by atoms with Gasteiger partial charge in [0.1, 0.15) is 5.69 Å². The number of halogens is 3. The lowest BCUT2D eigenvalue weighted by Gasteiger charge is -2.29. The van der Waals surface area contributed by atoms with Gasteiger partial charge in [0, 0.05) is 22.2 Å². The molecule has 1 aromatic heterocycles. The molecule has 0 spiro atoms. The second-order valence-corrected chi connectivity index (χ2v) is 6.40. The smallest absolute Gasteiger partial charge is 0.294 e. The van der Waals surface area contributed by atoms with Crippen LogP contribution >= 0.6 is 15.9 Å². The van der Waals surface area contributed by atoms with Gasteiger partial charge in [-0.3, -0.25) is 9.89 Å². The van der Waals surface area contributed by atoms with E-state index in [0.29, 0.717) is 10.7 Å². The van der Waals surface area contributed by atoms with Gasteiger partial charge in [0.2, 0.25) is 5.72 Å². The van der Waals surface area contributed by atoms with E-state index in [0.717, 1.165) is 10.0 Å². The van der Waals surface area contributed by atoms with E-state index in [9.17, 15) is 18.7 Å². The largest absolute Gasteiger partial charge is 0.364 e. The molecule has 9 heteroatoms. The number of hydrogen-bond acceptors (Lipinski definition) is 4. The molecule has 3 rings (SSSR count). The summed E-state index contributed by atoms with van der Waals surface area (Å²) in [5, 5.41) is 20.8. The van der Waals surface area contributed by atoms with E-state index in [2.05, 4.69) is 31.2 Å². The number of rotatable bonds is 3. The summed E-state index contributed by atoms with van der Waals surface area (Å²) in [6.45, 7) is 1.47. The van der Waals surface area contributed by atoms with Crippen LogP contribution in [0, 0.1) is 0 Å². The van der Waals surface area contributed by atoms with Crippen LogP contribution in [0.25, 0.3) is 11.3 Å². The first-order chi connectivity index (χ1) is 11.3. The lowest BCUT2D eigenvalue weighted by atomic mass is 10.1. The molecule has 0 aliphatic carbocycles. The molecule has 6 nitrogen and oxygen atoms in total. The summed E-state index contributed by atoms with van der Waals surface area (Å²) in [7, 11) is 0. The highest BCUT2D eigenvalue weighted by molar-refractivity contribution is 9.10. The third kappa shape index (κ3) is 2.84. The van der Waals surface area contributed by atoms with Gasteiger partial charge in [0.25, 0.3) is 12.3 Å². The van der Waals surface area contributed by atoms with Crippen molar-refractivity contribution in [3.05, 3.63) is 40.5 Å². The molecule has 1 aliphatic rings. The summed E-state index contributed by atoms with van der Waals surface area (Å²) in [5.41, 5.74) is -1.22. The number of nitrogens with one attached hydrogen (secondary N) is 1. The Morgan fingerprint density at radius 2 is 2.21 bits per heavy atom. The number of hydrogen-bond donors (Lipinski definition) is 2. The molecule has 0 saturated heterocycles. The van der Waals surface area contributed by atoms with Crippen molar-refractivity contribution >= 4 is 27.5 Å². The molecule has 0 bridgehead atoms. The fraction of sp³-hybridized carbons (Fsp3) is 0.267. The molecule has 126 valence electrons. The minimum atomic E-state index is -3.14. The maximum Gasteiger partial charge on any atom is 0.294 e. The van der Waals surface area contributed by atoms with E-state index >= 15 is 0 Å². The molecule has 1 aromatic carbocycles. The van der Waals surface area contributed by atoms with Crippen LogP contribution in [0.15, 0.2) is 39.9 Å². The average molecular weight is 399 g/mol. The summed E-state index contributed by atoms with van der Waals surface area (Å²) < 4.78 is 27.2. The molecule has 2 heterocycles. The summed E-state index contributed by atoms with van der Waals surface area (Å²) in [5.74, 6) is -0.872. The Labute approximate surface area is 144 Å². The Balaban J connectivity index is 1.91. The molecular weight excluding hydrogens is 386 g/mol. The highest BCUT2D eigenvalue weighted by Gasteiger charge is 2.51. The van der Waals surface area contributed by atoms with Crippen LogP contribution in [0.3, 0.4) is 0 Å². The topological polar surface area (TPSA) is 81.6 Å². The van der Waals surface area contributed by atoms with Crippen LogP contribution in [0.4, 0.5) is 8.78 Å². The van der Waals surface area contributed by atoms with E-state index in [1.807, 2.05) is 6.07 Å². The van der Waals surface area contributed by atoms with Crippen molar-refractivity contribution in [1.82, 2.24) is 15.2 Å². The van der Waals surface area contributed by atoms with Crippen molar-refractivity contribution < 1.29 is 18.7 Å². The number of hydrazone groups is 1. The molecule has 2 N–H and O–H groups in total. The number of aromatic amines is 1. The fourth-order valence-electron chi connectivity index (χ4n) is 2.48. The average Bonchev–Trinajstić information content (AvgIpc) is 3.12. The summed E-state index contributed by atoms with van der Waals surface area (Å²) >= 11 is 3.34. The zero-order valence-electron chi connectivity index (χ0n) is 12.5. The van der Waals surface area contributed by atoms with Crippen molar-refractivity contribution in [2.24, 2.45) is 5.10 Å². The van der Waals surface area contributed by atoms with E-state index in [4.69, 9.17) is 0 Å². The number of benzene rings is 1. The minimum absolute atomic E-state index is 0.0394. The van der Waals surface area contributed by atoms with Crippen molar-refractivity contribution in [2.45, 2.75) is 25.5 Å². The molecule has 0 unspecified atom stereocenters. The number of H-pyrrole nitrogens is 1. The second kappa shape index (κ2) is 6.06. The monoisotopic (exact) mass is 398 g/mol. The molecule has 24 heavy (non-hydrogen) atoms. The Hall–Kier alpha value is -2.13. The van der Waals surface area contributed by atoms with Gasteiger partial charge in [-0.1, -0.05) is 28.1 Å². The molecule has 1 atom stereocenters. The Bertz CT molecular complexity index is 823. The van der Waals surface area contributed by atoms with Gasteiger partial charge >= 0.3 is 0 Å². The normalized spacial score (nSPS) is 20.6. The van der Waals surface area contributed by atoms with Crippen molar-refractivity contribution in [1.29, 1.82) is 0 Å². The SMILES string of the molecule is CC1=NN(C(=O)c2cc(-c3cccc(Br)c3)n[nH]2)[C@](O)(C(F)F)C1. The predicted molar refractivity (Wildman–Crippen MR) is 86.6 cm³/mol. The number of carbonyl (C=O) groups excluding carboxylic acids is 1. The first-order valence-corrected chi connectivity index (χ1v) is 7.81. The number of amides is 1. The Morgan fingerprint density at radius 1 is 1.46 bits per heavy atom. The highest BCUT2D eigenvalue weighted by Crippen LogP contribution is 2.32. The molecule has 1 amide bonds. The van der Waals surface area contributed by atoms with Crippen LogP contribution < -0.4 is 0 Å². The number of nitrogens with zero attached hydrogens (tertiary/aromatic N) is 3. The van der Waals surface area contributed by atoms with E-state index in [1.165, 1.54) is 13.0 Å². The van der Waals surface area contributed by atoms with Crippen molar-refractivity contribution in [3.63, 3.8) is 0 Å². The van der Waals surface area contributed by atoms with Crippen LogP contribution in [0.2, 0.25) is 0 Å². The van der Waals surface area contributed by atoms with Gasteiger partial charge in [-0.2, -0.15) is 15.2 Å². The van der Waals surface area contributed by atoms with Crippen molar-refractivity contribution in [2.75, 3.05) is 0 Å². The molecule has 1 aliphatic heterocycles. The second-order valence-electron chi connectivity index (χ2n) is 5.49. The highest BCUT2D eigenvalue weighted by atomic mass is 79.9. The zero-order valence-corrected chi connectivity index (χ0v) is 14.1. The molecule has 0 radical (unpaired) electrons. The van der Waals surface area contributed by atoms with Gasteiger partial charge in [-0.05, 0) is 25.1 Å². The lowest BCUT2D eigenvalue weighted by Crippen LogP contribution is -2.51. The molecule has 0 saturated carbocycles. The Morgan fingerprint density at radius 3 is 2.88 bits per heavy atom. The maximum absolute atomic E-state index is 13.2. The molecule has 0 fully saturated rings. The van der Waals surface area contributed by atoms with Gasteiger partial charge in [0.15, 0.2) is 0 Å². The van der Waals surface area contributed by atoms with E-state index in [-0.39, 0.29) is 11.4 Å². The standard InChI is InChI=1S/C15H13BrF2N4O2/c1-8-7-15(24,14(17)18)22(21-8)13(23)12-6-11(19-20-12)9-3-2-4-10(16)5-9/h2-6,14,24H,7H2,1H3,(H,19,20)/t15-/m1/s1. The maximum atomic E-state index is 13.2. The number of aromatic nitrogens is 2. The first kappa shape index (κ1) is 16.7.